The molecule has 4 heteroatoms. The van der Waals surface area contributed by atoms with Gasteiger partial charge in [-0.1, -0.05) is 48.0 Å². The normalized spacial score (nSPS) is 10.4. The van der Waals surface area contributed by atoms with Crippen LogP contribution >= 0.6 is 11.6 Å². The topological polar surface area (TPSA) is 42.1 Å². The molecule has 0 radical (unpaired) electrons. The van der Waals surface area contributed by atoms with Gasteiger partial charge in [-0.2, -0.15) is 0 Å². The first-order valence-corrected chi connectivity index (χ1v) is 7.26. The molecule has 0 unspecified atom stereocenters. The Kier molecular flexibility index (Phi) is 4.26. The third-order valence-corrected chi connectivity index (χ3v) is 3.54. The number of halogens is 1. The van der Waals surface area contributed by atoms with Crippen molar-refractivity contribution in [2.45, 2.75) is 6.61 Å². The summed E-state index contributed by atoms with van der Waals surface area (Å²) < 4.78 is 5.73. The lowest BCUT2D eigenvalue weighted by Gasteiger charge is -2.10. The van der Waals surface area contributed by atoms with Crippen molar-refractivity contribution in [2.24, 2.45) is 0 Å². The van der Waals surface area contributed by atoms with Crippen molar-refractivity contribution in [1.29, 1.82) is 0 Å². The minimum atomic E-state index is -0.141. The van der Waals surface area contributed by atoms with E-state index in [-0.39, 0.29) is 5.56 Å². The van der Waals surface area contributed by atoms with E-state index >= 15 is 0 Å². The van der Waals surface area contributed by atoms with Gasteiger partial charge in [-0.05, 0) is 35.4 Å². The van der Waals surface area contributed by atoms with Gasteiger partial charge in [0.2, 0.25) is 5.56 Å². The molecule has 0 aliphatic carbocycles. The van der Waals surface area contributed by atoms with E-state index in [9.17, 15) is 4.79 Å². The fourth-order valence-electron chi connectivity index (χ4n) is 2.14. The van der Waals surface area contributed by atoms with E-state index in [0.29, 0.717) is 17.4 Å². The minimum Gasteiger partial charge on any atom is -0.487 e. The van der Waals surface area contributed by atoms with Crippen molar-refractivity contribution in [2.75, 3.05) is 0 Å². The lowest BCUT2D eigenvalue weighted by atomic mass is 10.1. The Morgan fingerprint density at radius 3 is 2.50 bits per heavy atom. The van der Waals surface area contributed by atoms with Gasteiger partial charge in [-0.15, -0.1) is 0 Å². The van der Waals surface area contributed by atoms with Crippen molar-refractivity contribution in [1.82, 2.24) is 4.98 Å². The Bertz CT molecular complexity index is 828. The number of hydrogen-bond donors (Lipinski definition) is 1. The molecule has 0 saturated carbocycles. The van der Waals surface area contributed by atoms with Crippen molar-refractivity contribution in [3.63, 3.8) is 0 Å². The molecule has 1 heterocycles. The first-order chi connectivity index (χ1) is 10.7. The molecule has 22 heavy (non-hydrogen) atoms. The highest BCUT2D eigenvalue weighted by atomic mass is 35.5. The molecule has 0 fully saturated rings. The molecule has 0 spiro atoms. The zero-order valence-corrected chi connectivity index (χ0v) is 12.5. The van der Waals surface area contributed by atoms with E-state index in [1.165, 1.54) is 6.07 Å². The van der Waals surface area contributed by atoms with Crippen molar-refractivity contribution in [3.05, 3.63) is 87.7 Å². The highest BCUT2D eigenvalue weighted by Gasteiger charge is 2.06. The van der Waals surface area contributed by atoms with Crippen LogP contribution in [0.2, 0.25) is 5.02 Å². The van der Waals surface area contributed by atoms with Crippen LogP contribution in [0.1, 0.15) is 5.56 Å². The molecule has 0 aliphatic rings. The molecule has 0 bridgehead atoms. The summed E-state index contributed by atoms with van der Waals surface area (Å²) in [6, 6.07) is 20.4. The molecule has 2 aromatic carbocycles. The summed E-state index contributed by atoms with van der Waals surface area (Å²) in [5.74, 6) is 0.618. The average Bonchev–Trinajstić information content (AvgIpc) is 2.54. The standard InChI is InChI=1S/C18H14ClNO2/c19-15-11-14(16-7-4-8-18(21)20-16)9-10-17(15)22-12-13-5-2-1-3-6-13/h1-11H,12H2,(H,20,21). The molecule has 3 nitrogen and oxygen atoms in total. The Hall–Kier alpha value is -2.52. The van der Waals surface area contributed by atoms with E-state index < -0.39 is 0 Å². The molecule has 3 aromatic rings. The third kappa shape index (κ3) is 3.38. The quantitative estimate of drug-likeness (QED) is 0.781. The van der Waals surface area contributed by atoms with Gasteiger partial charge in [0.05, 0.1) is 5.02 Å². The summed E-state index contributed by atoms with van der Waals surface area (Å²) in [5.41, 5.74) is 2.51. The number of benzene rings is 2. The van der Waals surface area contributed by atoms with Crippen molar-refractivity contribution >= 4 is 11.6 Å². The molecular formula is C18H14ClNO2. The Balaban J connectivity index is 1.79. The van der Waals surface area contributed by atoms with E-state index in [0.717, 1.165) is 16.8 Å². The zero-order valence-electron chi connectivity index (χ0n) is 11.8. The highest BCUT2D eigenvalue weighted by Crippen LogP contribution is 2.29. The number of nitrogens with one attached hydrogen (secondary N) is 1. The first kappa shape index (κ1) is 14.4. The van der Waals surface area contributed by atoms with Crippen LogP contribution < -0.4 is 10.3 Å². The number of pyridine rings is 1. The molecule has 0 atom stereocenters. The van der Waals surface area contributed by atoms with Gasteiger partial charge < -0.3 is 9.72 Å². The summed E-state index contributed by atoms with van der Waals surface area (Å²) in [5, 5.41) is 0.512. The van der Waals surface area contributed by atoms with Gasteiger partial charge in [0.15, 0.2) is 0 Å². The highest BCUT2D eigenvalue weighted by molar-refractivity contribution is 6.32. The predicted molar refractivity (Wildman–Crippen MR) is 88.3 cm³/mol. The zero-order chi connectivity index (χ0) is 15.4. The summed E-state index contributed by atoms with van der Waals surface area (Å²) in [6.45, 7) is 0.460. The van der Waals surface area contributed by atoms with Crippen LogP contribution in [-0.2, 0) is 6.61 Å². The Morgan fingerprint density at radius 1 is 0.955 bits per heavy atom. The maximum Gasteiger partial charge on any atom is 0.248 e. The van der Waals surface area contributed by atoms with Crippen LogP contribution in [0.25, 0.3) is 11.3 Å². The number of ether oxygens (including phenoxy) is 1. The van der Waals surface area contributed by atoms with Gasteiger partial charge in [0, 0.05) is 11.8 Å². The van der Waals surface area contributed by atoms with Crippen LogP contribution in [0.15, 0.2) is 71.5 Å². The molecule has 1 aromatic heterocycles. The lowest BCUT2D eigenvalue weighted by Crippen LogP contribution is -2.03. The fraction of sp³-hybridized carbons (Fsp3) is 0.0556. The third-order valence-electron chi connectivity index (χ3n) is 3.25. The summed E-state index contributed by atoms with van der Waals surface area (Å²) in [4.78, 5) is 14.1. The van der Waals surface area contributed by atoms with E-state index in [2.05, 4.69) is 4.98 Å². The van der Waals surface area contributed by atoms with Crippen molar-refractivity contribution in [3.8, 4) is 17.0 Å². The molecule has 0 amide bonds. The number of aromatic amines is 1. The number of rotatable bonds is 4. The van der Waals surface area contributed by atoms with Crippen LogP contribution in [0.5, 0.6) is 5.75 Å². The Morgan fingerprint density at radius 2 is 1.77 bits per heavy atom. The van der Waals surface area contributed by atoms with Crippen LogP contribution in [-0.4, -0.2) is 4.98 Å². The summed E-state index contributed by atoms with van der Waals surface area (Å²) in [7, 11) is 0. The number of H-pyrrole nitrogens is 1. The fourth-order valence-corrected chi connectivity index (χ4v) is 2.37. The van der Waals surface area contributed by atoms with Crippen LogP contribution in [0.4, 0.5) is 0 Å². The van der Waals surface area contributed by atoms with Gasteiger partial charge in [-0.25, -0.2) is 0 Å². The van der Waals surface area contributed by atoms with Gasteiger partial charge >= 0.3 is 0 Å². The van der Waals surface area contributed by atoms with Gasteiger partial charge in [0.25, 0.3) is 0 Å². The largest absolute Gasteiger partial charge is 0.487 e. The summed E-state index contributed by atoms with van der Waals surface area (Å²) >= 11 is 6.27. The van der Waals surface area contributed by atoms with Gasteiger partial charge in [0.1, 0.15) is 12.4 Å². The smallest absolute Gasteiger partial charge is 0.248 e. The SMILES string of the molecule is O=c1cccc(-c2ccc(OCc3ccccc3)c(Cl)c2)[nH]1. The van der Waals surface area contributed by atoms with Gasteiger partial charge in [-0.3, -0.25) is 4.79 Å². The molecule has 1 N–H and O–H groups in total. The minimum absolute atomic E-state index is 0.141. The van der Waals surface area contributed by atoms with E-state index in [1.807, 2.05) is 48.5 Å². The molecular weight excluding hydrogens is 298 g/mol. The van der Waals surface area contributed by atoms with Crippen LogP contribution in [0, 0.1) is 0 Å². The predicted octanol–water partition coefficient (Wildman–Crippen LogP) is 4.27. The number of aromatic nitrogens is 1. The van der Waals surface area contributed by atoms with Crippen LogP contribution in [0.3, 0.4) is 0 Å². The maximum absolute atomic E-state index is 11.4. The maximum atomic E-state index is 11.4. The van der Waals surface area contributed by atoms with Crippen molar-refractivity contribution < 1.29 is 4.74 Å². The molecule has 0 aliphatic heterocycles. The second-order valence-electron chi connectivity index (χ2n) is 4.85. The van der Waals surface area contributed by atoms with E-state index in [1.54, 1.807) is 12.1 Å². The average molecular weight is 312 g/mol. The molecule has 0 saturated heterocycles. The summed E-state index contributed by atoms with van der Waals surface area (Å²) in [6.07, 6.45) is 0. The second kappa shape index (κ2) is 6.50. The second-order valence-corrected chi connectivity index (χ2v) is 5.26. The van der Waals surface area contributed by atoms with E-state index in [4.69, 9.17) is 16.3 Å². The first-order valence-electron chi connectivity index (χ1n) is 6.88. The number of hydrogen-bond acceptors (Lipinski definition) is 2. The monoisotopic (exact) mass is 311 g/mol. The molecule has 110 valence electrons. The Labute approximate surface area is 133 Å². The molecule has 3 rings (SSSR count). The lowest BCUT2D eigenvalue weighted by molar-refractivity contribution is 0.306.